The van der Waals surface area contributed by atoms with E-state index in [1.807, 2.05) is 13.8 Å². The molecular formula is C16H28N4O3. The Kier molecular flexibility index (Phi) is 5.78. The van der Waals surface area contributed by atoms with Gasteiger partial charge in [0.2, 0.25) is 5.91 Å². The number of morpholine rings is 1. The molecule has 7 heteroatoms. The van der Waals surface area contributed by atoms with Crippen LogP contribution < -0.4 is 0 Å². The normalized spacial score (nSPS) is 22.3. The molecule has 0 radical (unpaired) electrons. The molecule has 1 atom stereocenters. The molecule has 0 saturated carbocycles. The van der Waals surface area contributed by atoms with Crippen molar-refractivity contribution in [2.45, 2.75) is 32.4 Å². The second-order valence-corrected chi connectivity index (χ2v) is 6.55. The lowest BCUT2D eigenvalue weighted by Crippen LogP contribution is -2.55. The van der Waals surface area contributed by atoms with Crippen molar-refractivity contribution in [2.75, 3.05) is 47.5 Å². The molecule has 1 aromatic rings. The van der Waals surface area contributed by atoms with Crippen LogP contribution in [0.5, 0.6) is 0 Å². The van der Waals surface area contributed by atoms with E-state index in [1.54, 1.807) is 26.1 Å². The second-order valence-electron chi connectivity index (χ2n) is 6.55. The van der Waals surface area contributed by atoms with Gasteiger partial charge in [0.15, 0.2) is 0 Å². The van der Waals surface area contributed by atoms with Crippen LogP contribution in [0.3, 0.4) is 0 Å². The number of nitrogens with zero attached hydrogens (tertiary/aromatic N) is 3. The number of nitrogens with one attached hydrogen (secondary N) is 1. The van der Waals surface area contributed by atoms with Crippen molar-refractivity contribution in [1.82, 2.24) is 20.0 Å². The first-order valence-corrected chi connectivity index (χ1v) is 7.93. The molecule has 0 unspecified atom stereocenters. The summed E-state index contributed by atoms with van der Waals surface area (Å²) in [4.78, 5) is 16.1. The first-order chi connectivity index (χ1) is 10.9. The van der Waals surface area contributed by atoms with Crippen LogP contribution in [0.15, 0.2) is 0 Å². The monoisotopic (exact) mass is 324 g/mol. The topological polar surface area (TPSA) is 70.7 Å². The van der Waals surface area contributed by atoms with Crippen molar-refractivity contribution >= 4 is 5.91 Å². The highest BCUT2D eigenvalue weighted by Crippen LogP contribution is 2.25. The number of carbonyl (C=O) groups is 1. The molecule has 0 aliphatic carbocycles. The number of methoxy groups -OCH3 is 1. The average Bonchev–Trinajstić information content (AvgIpc) is 2.79. The number of aromatic nitrogens is 2. The van der Waals surface area contributed by atoms with E-state index in [0.29, 0.717) is 26.2 Å². The summed E-state index contributed by atoms with van der Waals surface area (Å²) in [6, 6.07) is 0. The van der Waals surface area contributed by atoms with Crippen molar-refractivity contribution in [2.24, 2.45) is 0 Å². The summed E-state index contributed by atoms with van der Waals surface area (Å²) in [5.74, 6) is 0.0552. The van der Waals surface area contributed by atoms with Crippen molar-refractivity contribution in [1.29, 1.82) is 0 Å². The molecule has 0 spiro atoms. The number of carbonyl (C=O) groups excluding carboxylic acids is 1. The quantitative estimate of drug-likeness (QED) is 0.835. The van der Waals surface area contributed by atoms with Crippen molar-refractivity contribution < 1.29 is 14.3 Å². The number of rotatable bonds is 6. The number of amides is 1. The minimum Gasteiger partial charge on any atom is -0.382 e. The van der Waals surface area contributed by atoms with Gasteiger partial charge in [-0.3, -0.25) is 14.8 Å². The predicted octanol–water partition coefficient (Wildman–Crippen LogP) is 0.722. The van der Waals surface area contributed by atoms with E-state index in [2.05, 4.69) is 15.1 Å². The third-order valence-electron chi connectivity index (χ3n) is 4.37. The zero-order chi connectivity index (χ0) is 17.0. The molecule has 1 amide bonds. The van der Waals surface area contributed by atoms with Gasteiger partial charge in [-0.15, -0.1) is 0 Å². The van der Waals surface area contributed by atoms with Gasteiger partial charge >= 0.3 is 0 Å². The van der Waals surface area contributed by atoms with E-state index in [0.717, 1.165) is 24.5 Å². The molecule has 1 aliphatic rings. The Bertz CT molecular complexity index is 520. The van der Waals surface area contributed by atoms with Crippen LogP contribution in [0.4, 0.5) is 0 Å². The van der Waals surface area contributed by atoms with Gasteiger partial charge in [-0.25, -0.2) is 0 Å². The van der Waals surface area contributed by atoms with E-state index in [4.69, 9.17) is 9.47 Å². The molecule has 2 heterocycles. The molecule has 1 aromatic heterocycles. The number of H-pyrrole nitrogens is 1. The fourth-order valence-corrected chi connectivity index (χ4v) is 3.03. The summed E-state index contributed by atoms with van der Waals surface area (Å²) < 4.78 is 11.4. The number of aromatic amines is 1. The Labute approximate surface area is 137 Å². The highest BCUT2D eigenvalue weighted by atomic mass is 16.5. The third kappa shape index (κ3) is 4.31. The molecule has 2 rings (SSSR count). The van der Waals surface area contributed by atoms with Crippen LogP contribution in [0.2, 0.25) is 0 Å². The summed E-state index contributed by atoms with van der Waals surface area (Å²) in [7, 11) is 5.18. The zero-order valence-corrected chi connectivity index (χ0v) is 14.8. The molecule has 7 nitrogen and oxygen atoms in total. The average molecular weight is 324 g/mol. The van der Waals surface area contributed by atoms with Gasteiger partial charge in [-0.05, 0) is 13.8 Å². The van der Waals surface area contributed by atoms with Crippen LogP contribution in [-0.4, -0.2) is 79.0 Å². The Morgan fingerprint density at radius 2 is 2.22 bits per heavy atom. The molecular weight excluding hydrogens is 296 g/mol. The van der Waals surface area contributed by atoms with Gasteiger partial charge in [-0.1, -0.05) is 0 Å². The molecule has 0 aromatic carbocycles. The van der Waals surface area contributed by atoms with Gasteiger partial charge < -0.3 is 14.4 Å². The molecule has 23 heavy (non-hydrogen) atoms. The molecule has 130 valence electrons. The van der Waals surface area contributed by atoms with Gasteiger partial charge in [0.25, 0.3) is 0 Å². The van der Waals surface area contributed by atoms with Crippen LogP contribution in [0.25, 0.3) is 0 Å². The fourth-order valence-electron chi connectivity index (χ4n) is 3.03. The lowest BCUT2D eigenvalue weighted by Gasteiger charge is -2.42. The van der Waals surface area contributed by atoms with Gasteiger partial charge in [0, 0.05) is 52.1 Å². The summed E-state index contributed by atoms with van der Waals surface area (Å²) in [6.07, 6.45) is 0.327. The Hall–Kier alpha value is -1.44. The van der Waals surface area contributed by atoms with Crippen molar-refractivity contribution in [3.8, 4) is 0 Å². The van der Waals surface area contributed by atoms with E-state index in [1.165, 1.54) is 5.56 Å². The Morgan fingerprint density at radius 1 is 1.48 bits per heavy atom. The largest absolute Gasteiger partial charge is 0.382 e. The predicted molar refractivity (Wildman–Crippen MR) is 87.2 cm³/mol. The number of hydrogen-bond acceptors (Lipinski definition) is 5. The highest BCUT2D eigenvalue weighted by molar-refractivity contribution is 5.76. The number of ether oxygens (including phenoxy) is 2. The molecule has 0 bridgehead atoms. The summed E-state index contributed by atoms with van der Waals surface area (Å²) >= 11 is 0. The maximum Gasteiger partial charge on any atom is 0.225 e. The lowest BCUT2D eigenvalue weighted by molar-refractivity contribution is -0.160. The van der Waals surface area contributed by atoms with E-state index in [-0.39, 0.29) is 5.91 Å². The summed E-state index contributed by atoms with van der Waals surface area (Å²) in [5, 5.41) is 7.28. The SMILES string of the molecule is COC[C@]1(CC(=O)N(C)C)CN(Cc2c(C)n[nH]c2C)CCO1. The molecule has 1 fully saturated rings. The first kappa shape index (κ1) is 17.9. The van der Waals surface area contributed by atoms with Gasteiger partial charge in [0.05, 0.1) is 25.3 Å². The summed E-state index contributed by atoms with van der Waals surface area (Å²) in [5.41, 5.74) is 2.75. The van der Waals surface area contributed by atoms with Crippen molar-refractivity contribution in [3.63, 3.8) is 0 Å². The van der Waals surface area contributed by atoms with Crippen LogP contribution in [0.1, 0.15) is 23.4 Å². The number of aryl methyl sites for hydroxylation is 2. The van der Waals surface area contributed by atoms with Crippen LogP contribution >= 0.6 is 0 Å². The van der Waals surface area contributed by atoms with E-state index >= 15 is 0 Å². The minimum absolute atomic E-state index is 0.0552. The molecule has 1 aliphatic heterocycles. The first-order valence-electron chi connectivity index (χ1n) is 7.93. The maximum absolute atomic E-state index is 12.2. The minimum atomic E-state index is -0.583. The van der Waals surface area contributed by atoms with Crippen molar-refractivity contribution in [3.05, 3.63) is 17.0 Å². The van der Waals surface area contributed by atoms with Crippen LogP contribution in [0, 0.1) is 13.8 Å². The standard InChI is InChI=1S/C16H28N4O3/c1-12-14(13(2)18-17-12)9-20-6-7-23-16(10-20,11-22-5)8-15(21)19(3)4/h6-11H2,1-5H3,(H,17,18)/t16-/m0/s1. The fraction of sp³-hybridized carbons (Fsp3) is 0.750. The second kappa shape index (κ2) is 7.42. The Balaban J connectivity index is 2.10. The Morgan fingerprint density at radius 3 is 2.78 bits per heavy atom. The third-order valence-corrected chi connectivity index (χ3v) is 4.37. The van der Waals surface area contributed by atoms with Gasteiger partial charge in [-0.2, -0.15) is 5.10 Å². The molecule has 1 N–H and O–H groups in total. The maximum atomic E-state index is 12.2. The number of hydrogen-bond donors (Lipinski definition) is 1. The highest BCUT2D eigenvalue weighted by Gasteiger charge is 2.39. The van der Waals surface area contributed by atoms with Gasteiger partial charge in [0.1, 0.15) is 5.60 Å². The zero-order valence-electron chi connectivity index (χ0n) is 14.8. The van der Waals surface area contributed by atoms with E-state index < -0.39 is 5.60 Å². The summed E-state index contributed by atoms with van der Waals surface area (Å²) in [6.45, 7) is 7.37. The molecule has 1 saturated heterocycles. The van der Waals surface area contributed by atoms with Crippen LogP contribution in [-0.2, 0) is 20.8 Å². The smallest absolute Gasteiger partial charge is 0.225 e. The lowest BCUT2D eigenvalue weighted by atomic mass is 9.96. The van der Waals surface area contributed by atoms with E-state index in [9.17, 15) is 4.79 Å².